The number of nitrogen functional groups attached to an aromatic ring is 1. The number of nitrogens with one attached hydrogen (secondary N) is 1. The zero-order chi connectivity index (χ0) is 9.84. The van der Waals surface area contributed by atoms with Crippen LogP contribution in [0.15, 0.2) is 9.79 Å². The van der Waals surface area contributed by atoms with Crippen LogP contribution in [0.5, 0.6) is 0 Å². The maximum absolute atomic E-state index is 11.3. The average molecular weight is 180 g/mol. The fourth-order valence-corrected chi connectivity index (χ4v) is 0.936. The lowest BCUT2D eigenvalue weighted by molar-refractivity contribution is 1.07. The van der Waals surface area contributed by atoms with Crippen molar-refractivity contribution >= 4 is 17.9 Å². The molecule has 0 bridgehead atoms. The van der Waals surface area contributed by atoms with Gasteiger partial charge in [-0.2, -0.15) is 0 Å². The molecule has 0 aliphatic carbocycles. The Kier molecular flexibility index (Phi) is 2.79. The van der Waals surface area contributed by atoms with Crippen molar-refractivity contribution in [2.45, 2.75) is 20.3 Å². The van der Waals surface area contributed by atoms with Gasteiger partial charge in [-0.1, -0.05) is 6.92 Å². The molecule has 0 aromatic carbocycles. The van der Waals surface area contributed by atoms with Crippen LogP contribution in [0.1, 0.15) is 19.0 Å². The Hall–Kier alpha value is -1.65. The normalized spacial score (nSPS) is 10.9. The summed E-state index contributed by atoms with van der Waals surface area (Å²) >= 11 is 0. The molecule has 0 radical (unpaired) electrons. The molecule has 0 aliphatic rings. The van der Waals surface area contributed by atoms with Crippen LogP contribution < -0.4 is 11.3 Å². The lowest BCUT2D eigenvalue weighted by atomic mass is 10.4. The quantitative estimate of drug-likeness (QED) is 0.659. The average Bonchev–Trinajstić information content (AvgIpc) is 2.02. The van der Waals surface area contributed by atoms with Crippen LogP contribution in [0, 0.1) is 6.92 Å². The first-order valence-electron chi connectivity index (χ1n) is 4.04. The Labute approximate surface area is 75.7 Å². The van der Waals surface area contributed by atoms with Gasteiger partial charge in [0.05, 0.1) is 5.69 Å². The van der Waals surface area contributed by atoms with Crippen LogP contribution in [0.4, 0.5) is 11.6 Å². The fraction of sp³-hybridized carbons (Fsp3) is 0.375. The van der Waals surface area contributed by atoms with Gasteiger partial charge >= 0.3 is 0 Å². The number of nitrogens with two attached hydrogens (primary N) is 1. The van der Waals surface area contributed by atoms with Crippen molar-refractivity contribution in [1.29, 1.82) is 0 Å². The maximum atomic E-state index is 11.3. The zero-order valence-corrected chi connectivity index (χ0v) is 7.66. The minimum atomic E-state index is -0.297. The van der Waals surface area contributed by atoms with Crippen LogP contribution in [0.2, 0.25) is 0 Å². The van der Waals surface area contributed by atoms with Crippen LogP contribution in [0.25, 0.3) is 0 Å². The van der Waals surface area contributed by atoms with Gasteiger partial charge in [0.15, 0.2) is 0 Å². The van der Waals surface area contributed by atoms with E-state index in [0.717, 1.165) is 6.42 Å². The Bertz CT molecular complexity index is 380. The molecule has 0 amide bonds. The van der Waals surface area contributed by atoms with Crippen molar-refractivity contribution in [3.63, 3.8) is 0 Å². The number of rotatable bonds is 2. The molecule has 3 N–H and O–H groups in total. The first-order valence-corrected chi connectivity index (χ1v) is 4.04. The molecular formula is C8H12N4O. The van der Waals surface area contributed by atoms with Gasteiger partial charge in [-0.05, 0) is 13.3 Å². The van der Waals surface area contributed by atoms with E-state index in [9.17, 15) is 4.79 Å². The molecule has 13 heavy (non-hydrogen) atoms. The molecule has 0 unspecified atom stereocenters. The molecule has 1 aromatic heterocycles. The van der Waals surface area contributed by atoms with Crippen LogP contribution >= 0.6 is 0 Å². The smallest absolute Gasteiger partial charge is 0.278 e. The molecule has 5 nitrogen and oxygen atoms in total. The number of aryl methyl sites for hydroxylation is 1. The molecule has 1 aromatic rings. The van der Waals surface area contributed by atoms with Gasteiger partial charge in [0.2, 0.25) is 5.95 Å². The number of nitrogens with zero attached hydrogens (tertiary/aromatic N) is 2. The van der Waals surface area contributed by atoms with Gasteiger partial charge in [0, 0.05) is 6.21 Å². The highest BCUT2D eigenvalue weighted by Crippen LogP contribution is 2.08. The van der Waals surface area contributed by atoms with Gasteiger partial charge in [0.25, 0.3) is 5.56 Å². The van der Waals surface area contributed by atoms with Crippen molar-refractivity contribution < 1.29 is 0 Å². The number of aromatic amines is 1. The molecule has 5 heteroatoms. The molecule has 0 aliphatic heterocycles. The summed E-state index contributed by atoms with van der Waals surface area (Å²) in [5.74, 6) is 0.123. The number of hydrogen-bond donors (Lipinski definition) is 2. The van der Waals surface area contributed by atoms with Gasteiger partial charge in [-0.3, -0.25) is 14.8 Å². The number of anilines is 1. The van der Waals surface area contributed by atoms with E-state index in [1.54, 1.807) is 13.1 Å². The van der Waals surface area contributed by atoms with Crippen LogP contribution in [-0.4, -0.2) is 16.2 Å². The Balaban J connectivity index is 3.21. The summed E-state index contributed by atoms with van der Waals surface area (Å²) in [5.41, 5.74) is 5.92. The van der Waals surface area contributed by atoms with Crippen molar-refractivity contribution in [3.8, 4) is 0 Å². The van der Waals surface area contributed by atoms with Gasteiger partial charge in [-0.25, -0.2) is 4.98 Å². The molecule has 0 saturated heterocycles. The molecule has 1 rings (SSSR count). The van der Waals surface area contributed by atoms with E-state index < -0.39 is 0 Å². The predicted octanol–water partition coefficient (Wildman–Crippen LogP) is 0.773. The molecule has 0 atom stereocenters. The first kappa shape index (κ1) is 9.44. The van der Waals surface area contributed by atoms with E-state index in [1.165, 1.54) is 0 Å². The summed E-state index contributed by atoms with van der Waals surface area (Å²) in [4.78, 5) is 21.5. The third-order valence-electron chi connectivity index (χ3n) is 1.49. The zero-order valence-electron chi connectivity index (χ0n) is 7.66. The number of aliphatic imine (C=N–C) groups is 1. The molecule has 70 valence electrons. The van der Waals surface area contributed by atoms with Crippen molar-refractivity contribution in [3.05, 3.63) is 16.0 Å². The first-order chi connectivity index (χ1) is 6.15. The standard InChI is InChI=1S/C8H12N4O/c1-3-4-10-6-5(2)11-8(9)12-7(6)13/h4H,3H2,1-2H3,(H3,9,11,12,13). The molecule has 0 saturated carbocycles. The second-order valence-corrected chi connectivity index (χ2v) is 2.61. The van der Waals surface area contributed by atoms with E-state index in [4.69, 9.17) is 5.73 Å². The summed E-state index contributed by atoms with van der Waals surface area (Å²) in [6.45, 7) is 3.64. The highest BCUT2D eigenvalue weighted by Gasteiger charge is 2.03. The monoisotopic (exact) mass is 180 g/mol. The summed E-state index contributed by atoms with van der Waals surface area (Å²) in [7, 11) is 0. The number of H-pyrrole nitrogens is 1. The second-order valence-electron chi connectivity index (χ2n) is 2.61. The largest absolute Gasteiger partial charge is 0.369 e. The number of hydrogen-bond acceptors (Lipinski definition) is 4. The summed E-state index contributed by atoms with van der Waals surface area (Å²) in [6, 6.07) is 0. The van der Waals surface area contributed by atoms with E-state index in [-0.39, 0.29) is 11.5 Å². The fourth-order valence-electron chi connectivity index (χ4n) is 0.936. The highest BCUT2D eigenvalue weighted by atomic mass is 16.1. The van der Waals surface area contributed by atoms with Crippen molar-refractivity contribution in [2.24, 2.45) is 4.99 Å². The second kappa shape index (κ2) is 3.84. The van der Waals surface area contributed by atoms with E-state index >= 15 is 0 Å². The van der Waals surface area contributed by atoms with Crippen molar-refractivity contribution in [1.82, 2.24) is 9.97 Å². The SMILES string of the molecule is CCC=Nc1c(C)nc(N)[nH]c1=O. The van der Waals surface area contributed by atoms with E-state index in [1.807, 2.05) is 6.92 Å². The lowest BCUT2D eigenvalue weighted by Gasteiger charge is -1.98. The Morgan fingerprint density at radius 2 is 2.38 bits per heavy atom. The molecular weight excluding hydrogens is 168 g/mol. The lowest BCUT2D eigenvalue weighted by Crippen LogP contribution is -2.12. The summed E-state index contributed by atoms with van der Waals surface area (Å²) in [5, 5.41) is 0. The Morgan fingerprint density at radius 1 is 1.69 bits per heavy atom. The summed E-state index contributed by atoms with van der Waals surface area (Å²) < 4.78 is 0. The van der Waals surface area contributed by atoms with Crippen molar-refractivity contribution in [2.75, 3.05) is 5.73 Å². The Morgan fingerprint density at radius 3 is 2.92 bits per heavy atom. The minimum absolute atomic E-state index is 0.123. The van der Waals surface area contributed by atoms with E-state index in [0.29, 0.717) is 11.4 Å². The highest BCUT2D eigenvalue weighted by molar-refractivity contribution is 5.63. The molecule has 0 fully saturated rings. The molecule has 1 heterocycles. The third-order valence-corrected chi connectivity index (χ3v) is 1.49. The predicted molar refractivity (Wildman–Crippen MR) is 52.5 cm³/mol. The van der Waals surface area contributed by atoms with Crippen LogP contribution in [-0.2, 0) is 0 Å². The van der Waals surface area contributed by atoms with Crippen LogP contribution in [0.3, 0.4) is 0 Å². The van der Waals surface area contributed by atoms with E-state index in [2.05, 4.69) is 15.0 Å². The minimum Gasteiger partial charge on any atom is -0.369 e. The summed E-state index contributed by atoms with van der Waals surface area (Å²) in [6.07, 6.45) is 2.44. The molecule has 0 spiro atoms. The van der Waals surface area contributed by atoms with Gasteiger partial charge in [0.1, 0.15) is 5.69 Å². The van der Waals surface area contributed by atoms with Gasteiger partial charge < -0.3 is 5.73 Å². The topological polar surface area (TPSA) is 84.1 Å². The van der Waals surface area contributed by atoms with Gasteiger partial charge in [-0.15, -0.1) is 0 Å². The number of aromatic nitrogens is 2. The third kappa shape index (κ3) is 2.14. The maximum Gasteiger partial charge on any atom is 0.278 e.